The fourth-order valence-corrected chi connectivity index (χ4v) is 9.17. The fraction of sp³-hybridized carbons (Fsp3) is 0.0588. The van der Waals surface area contributed by atoms with Gasteiger partial charge in [0.15, 0.2) is 0 Å². The van der Waals surface area contributed by atoms with Crippen LogP contribution in [-0.4, -0.2) is 0 Å². The Balaban J connectivity index is 1.10. The summed E-state index contributed by atoms with van der Waals surface area (Å²) in [6, 6.07) is 62.5. The van der Waals surface area contributed by atoms with Crippen molar-refractivity contribution in [1.82, 2.24) is 0 Å². The van der Waals surface area contributed by atoms with Crippen molar-refractivity contribution in [2.24, 2.45) is 0 Å². The molecule has 244 valence electrons. The number of furan rings is 1. The van der Waals surface area contributed by atoms with Crippen molar-refractivity contribution in [1.29, 1.82) is 0 Å². The molecule has 1 aromatic heterocycles. The number of hydrogen-bond donors (Lipinski definition) is 0. The first-order valence-corrected chi connectivity index (χ1v) is 18.2. The Labute approximate surface area is 302 Å². The molecule has 0 bridgehead atoms. The zero-order valence-corrected chi connectivity index (χ0v) is 29.1. The van der Waals surface area contributed by atoms with E-state index in [0.29, 0.717) is 0 Å². The van der Waals surface area contributed by atoms with Crippen molar-refractivity contribution in [3.63, 3.8) is 0 Å². The van der Waals surface area contributed by atoms with Gasteiger partial charge in [-0.1, -0.05) is 153 Å². The van der Waals surface area contributed by atoms with Gasteiger partial charge < -0.3 is 4.42 Å². The van der Waals surface area contributed by atoms with Crippen molar-refractivity contribution >= 4 is 54.3 Å². The SMILES string of the molecule is CC1(C)c2cc(-c3cccc(-c4c5ccccc5c(-c5ccc6oc7ccccc7c6c5)c5ccccc45)c3)ccc2-c2c1ccc1ccccc21. The molecule has 0 saturated heterocycles. The molecular formula is C51H34O. The molecule has 0 spiro atoms. The summed E-state index contributed by atoms with van der Waals surface area (Å²) in [4.78, 5) is 0. The second-order valence-corrected chi connectivity index (χ2v) is 14.8. The minimum atomic E-state index is -0.0870. The maximum Gasteiger partial charge on any atom is 0.135 e. The lowest BCUT2D eigenvalue weighted by molar-refractivity contribution is 0.661. The van der Waals surface area contributed by atoms with Crippen LogP contribution in [0.15, 0.2) is 174 Å². The minimum Gasteiger partial charge on any atom is -0.456 e. The zero-order valence-electron chi connectivity index (χ0n) is 29.1. The van der Waals surface area contributed by atoms with Gasteiger partial charge in [0.1, 0.15) is 11.2 Å². The third-order valence-corrected chi connectivity index (χ3v) is 11.6. The molecule has 0 atom stereocenters. The van der Waals surface area contributed by atoms with E-state index in [9.17, 15) is 0 Å². The van der Waals surface area contributed by atoms with Crippen LogP contribution in [0.3, 0.4) is 0 Å². The normalized spacial score (nSPS) is 13.3. The maximum absolute atomic E-state index is 6.21. The molecule has 11 rings (SSSR count). The van der Waals surface area contributed by atoms with Crippen molar-refractivity contribution < 1.29 is 4.42 Å². The zero-order chi connectivity index (χ0) is 34.6. The molecule has 0 radical (unpaired) electrons. The molecular weight excluding hydrogens is 629 g/mol. The second-order valence-electron chi connectivity index (χ2n) is 14.8. The summed E-state index contributed by atoms with van der Waals surface area (Å²) in [6.45, 7) is 4.75. The van der Waals surface area contributed by atoms with Gasteiger partial charge in [-0.3, -0.25) is 0 Å². The highest BCUT2D eigenvalue weighted by molar-refractivity contribution is 6.22. The van der Waals surface area contributed by atoms with Gasteiger partial charge in [0.2, 0.25) is 0 Å². The summed E-state index contributed by atoms with van der Waals surface area (Å²) in [7, 11) is 0. The average molecular weight is 663 g/mol. The lowest BCUT2D eigenvalue weighted by Crippen LogP contribution is -2.15. The molecule has 9 aromatic carbocycles. The maximum atomic E-state index is 6.21. The minimum absolute atomic E-state index is 0.0870. The molecule has 0 saturated carbocycles. The fourth-order valence-electron chi connectivity index (χ4n) is 9.17. The Morgan fingerprint density at radius 1 is 0.346 bits per heavy atom. The molecule has 52 heavy (non-hydrogen) atoms. The molecule has 0 N–H and O–H groups in total. The average Bonchev–Trinajstić information content (AvgIpc) is 3.68. The summed E-state index contributed by atoms with van der Waals surface area (Å²) in [5.74, 6) is 0. The van der Waals surface area contributed by atoms with Crippen molar-refractivity contribution in [3.05, 3.63) is 181 Å². The van der Waals surface area contributed by atoms with E-state index in [2.05, 4.69) is 172 Å². The molecule has 0 unspecified atom stereocenters. The lowest BCUT2D eigenvalue weighted by Gasteiger charge is -2.22. The van der Waals surface area contributed by atoms with Gasteiger partial charge in [0, 0.05) is 16.2 Å². The standard InChI is InChI=1S/C51H34O/c1-51(2)44-26-23-31-12-3-4-15-36(31)50(44)42-25-22-33(30-45(42)51)32-13-11-14-34(28-32)48-38-17-5-7-19-40(38)49(41-20-8-6-18-39(41)48)35-24-27-47-43(29-35)37-16-9-10-21-46(37)52-47/h3-30H,1-2H3. The van der Waals surface area contributed by atoms with Crippen LogP contribution in [0.25, 0.3) is 98.8 Å². The molecule has 1 aliphatic rings. The van der Waals surface area contributed by atoms with Crippen LogP contribution in [0, 0.1) is 0 Å². The van der Waals surface area contributed by atoms with E-state index in [0.717, 1.165) is 21.9 Å². The van der Waals surface area contributed by atoms with Crippen molar-refractivity contribution in [3.8, 4) is 44.5 Å². The summed E-state index contributed by atoms with van der Waals surface area (Å²) in [5, 5.41) is 9.92. The first-order chi connectivity index (χ1) is 25.5. The molecule has 0 aliphatic heterocycles. The summed E-state index contributed by atoms with van der Waals surface area (Å²) in [5.41, 5.74) is 14.7. The monoisotopic (exact) mass is 662 g/mol. The highest BCUT2D eigenvalue weighted by Gasteiger charge is 2.36. The third kappa shape index (κ3) is 4.11. The topological polar surface area (TPSA) is 13.1 Å². The van der Waals surface area contributed by atoms with Gasteiger partial charge >= 0.3 is 0 Å². The third-order valence-electron chi connectivity index (χ3n) is 11.6. The van der Waals surface area contributed by atoms with Crippen LogP contribution in [0.2, 0.25) is 0 Å². The number of para-hydroxylation sites is 1. The molecule has 0 amide bonds. The first-order valence-electron chi connectivity index (χ1n) is 18.2. The Bertz CT molecular complexity index is 3040. The first kappa shape index (κ1) is 29.3. The summed E-state index contributed by atoms with van der Waals surface area (Å²) >= 11 is 0. The van der Waals surface area contributed by atoms with Gasteiger partial charge in [0.25, 0.3) is 0 Å². The van der Waals surface area contributed by atoms with Crippen LogP contribution in [-0.2, 0) is 5.41 Å². The highest BCUT2D eigenvalue weighted by atomic mass is 16.3. The smallest absolute Gasteiger partial charge is 0.135 e. The van der Waals surface area contributed by atoms with Crippen LogP contribution < -0.4 is 0 Å². The van der Waals surface area contributed by atoms with Crippen LogP contribution in [0.1, 0.15) is 25.0 Å². The van der Waals surface area contributed by atoms with E-state index in [4.69, 9.17) is 4.42 Å². The Hall–Kier alpha value is -6.44. The summed E-state index contributed by atoms with van der Waals surface area (Å²) < 4.78 is 6.21. The van der Waals surface area contributed by atoms with E-state index in [-0.39, 0.29) is 5.41 Å². The number of benzene rings is 9. The van der Waals surface area contributed by atoms with Gasteiger partial charge in [-0.15, -0.1) is 0 Å². The molecule has 1 nitrogen and oxygen atoms in total. The van der Waals surface area contributed by atoms with Crippen LogP contribution >= 0.6 is 0 Å². The predicted octanol–water partition coefficient (Wildman–Crippen LogP) is 14.4. The molecule has 10 aromatic rings. The van der Waals surface area contributed by atoms with E-state index >= 15 is 0 Å². The van der Waals surface area contributed by atoms with Gasteiger partial charge in [-0.05, 0) is 118 Å². The van der Waals surface area contributed by atoms with Crippen LogP contribution in [0.5, 0.6) is 0 Å². The Morgan fingerprint density at radius 2 is 0.904 bits per heavy atom. The van der Waals surface area contributed by atoms with E-state index in [1.165, 1.54) is 88.0 Å². The summed E-state index contributed by atoms with van der Waals surface area (Å²) in [6.07, 6.45) is 0. The second kappa shape index (κ2) is 10.8. The number of rotatable bonds is 3. The predicted molar refractivity (Wildman–Crippen MR) is 220 cm³/mol. The van der Waals surface area contributed by atoms with Crippen molar-refractivity contribution in [2.45, 2.75) is 19.3 Å². The lowest BCUT2D eigenvalue weighted by atomic mass is 9.81. The van der Waals surface area contributed by atoms with Gasteiger partial charge in [-0.25, -0.2) is 0 Å². The van der Waals surface area contributed by atoms with E-state index in [1.54, 1.807) is 0 Å². The van der Waals surface area contributed by atoms with E-state index in [1.807, 2.05) is 12.1 Å². The molecule has 1 heterocycles. The number of fused-ring (bicyclic) bond motifs is 10. The Morgan fingerprint density at radius 3 is 1.63 bits per heavy atom. The van der Waals surface area contributed by atoms with E-state index < -0.39 is 0 Å². The number of hydrogen-bond acceptors (Lipinski definition) is 1. The van der Waals surface area contributed by atoms with Gasteiger partial charge in [-0.2, -0.15) is 0 Å². The largest absolute Gasteiger partial charge is 0.456 e. The Kier molecular flexibility index (Phi) is 6.08. The molecule has 0 fully saturated rings. The highest BCUT2D eigenvalue weighted by Crippen LogP contribution is 2.52. The van der Waals surface area contributed by atoms with Crippen LogP contribution in [0.4, 0.5) is 0 Å². The molecule has 1 heteroatoms. The quantitative estimate of drug-likeness (QED) is 0.172. The van der Waals surface area contributed by atoms with Crippen molar-refractivity contribution in [2.75, 3.05) is 0 Å². The molecule has 1 aliphatic carbocycles. The van der Waals surface area contributed by atoms with Gasteiger partial charge in [0.05, 0.1) is 0 Å².